The van der Waals surface area contributed by atoms with E-state index in [1.54, 1.807) is 0 Å². The minimum absolute atomic E-state index is 0.495. The summed E-state index contributed by atoms with van der Waals surface area (Å²) >= 11 is 0. The zero-order valence-electron chi connectivity index (χ0n) is 12.6. The van der Waals surface area contributed by atoms with E-state index in [-0.39, 0.29) is 0 Å². The SMILES string of the molecule is CCC(NC1C(C)(C)[C@H]2CC[C@]1(C)C2)C(C)C. The molecule has 2 aliphatic rings. The van der Waals surface area contributed by atoms with Crippen LogP contribution in [0.4, 0.5) is 0 Å². The van der Waals surface area contributed by atoms with Crippen LogP contribution in [0.5, 0.6) is 0 Å². The molecule has 2 fully saturated rings. The molecule has 1 nitrogen and oxygen atoms in total. The van der Waals surface area contributed by atoms with Gasteiger partial charge < -0.3 is 5.32 Å². The number of fused-ring (bicyclic) bond motifs is 2. The van der Waals surface area contributed by atoms with Crippen molar-refractivity contribution in [2.24, 2.45) is 22.7 Å². The first-order valence-electron chi connectivity index (χ1n) is 7.57. The summed E-state index contributed by atoms with van der Waals surface area (Å²) in [7, 11) is 0. The van der Waals surface area contributed by atoms with E-state index >= 15 is 0 Å². The molecule has 2 bridgehead atoms. The Morgan fingerprint density at radius 1 is 1.24 bits per heavy atom. The van der Waals surface area contributed by atoms with Gasteiger partial charge >= 0.3 is 0 Å². The molecule has 17 heavy (non-hydrogen) atoms. The number of hydrogen-bond donors (Lipinski definition) is 1. The second-order valence-electron chi connectivity index (χ2n) is 7.77. The molecule has 0 spiro atoms. The Kier molecular flexibility index (Phi) is 3.36. The Labute approximate surface area is 108 Å². The maximum Gasteiger partial charge on any atom is 0.0177 e. The normalized spacial score (nSPS) is 41.1. The number of rotatable bonds is 4. The molecule has 0 heterocycles. The van der Waals surface area contributed by atoms with Crippen molar-refractivity contribution in [3.8, 4) is 0 Å². The van der Waals surface area contributed by atoms with Crippen LogP contribution in [0.3, 0.4) is 0 Å². The first-order valence-corrected chi connectivity index (χ1v) is 7.57. The standard InChI is InChI=1S/C16H31N/c1-7-13(11(2)3)17-14-15(4,5)12-8-9-16(14,6)10-12/h11-14,17H,7-10H2,1-6H3/t12-,13?,14?,16+/m0/s1. The third-order valence-electron chi connectivity index (χ3n) is 5.90. The molecule has 1 N–H and O–H groups in total. The maximum absolute atomic E-state index is 4.03. The average Bonchev–Trinajstić information content (AvgIpc) is 2.68. The molecule has 2 aliphatic carbocycles. The summed E-state index contributed by atoms with van der Waals surface area (Å²) < 4.78 is 0. The van der Waals surface area contributed by atoms with Crippen LogP contribution in [0, 0.1) is 22.7 Å². The van der Waals surface area contributed by atoms with E-state index in [9.17, 15) is 0 Å². The fraction of sp³-hybridized carbons (Fsp3) is 1.00. The van der Waals surface area contributed by atoms with Crippen LogP contribution in [-0.4, -0.2) is 12.1 Å². The second-order valence-corrected chi connectivity index (χ2v) is 7.77. The maximum atomic E-state index is 4.03. The van der Waals surface area contributed by atoms with Crippen molar-refractivity contribution in [3.05, 3.63) is 0 Å². The van der Waals surface area contributed by atoms with Gasteiger partial charge in [0.2, 0.25) is 0 Å². The van der Waals surface area contributed by atoms with Crippen LogP contribution in [-0.2, 0) is 0 Å². The van der Waals surface area contributed by atoms with E-state index in [2.05, 4.69) is 46.9 Å². The van der Waals surface area contributed by atoms with Crippen molar-refractivity contribution in [2.75, 3.05) is 0 Å². The average molecular weight is 237 g/mol. The van der Waals surface area contributed by atoms with E-state index in [0.717, 1.165) is 17.9 Å². The quantitative estimate of drug-likeness (QED) is 0.771. The monoisotopic (exact) mass is 237 g/mol. The van der Waals surface area contributed by atoms with E-state index in [0.29, 0.717) is 16.9 Å². The molecule has 0 aromatic carbocycles. The van der Waals surface area contributed by atoms with Gasteiger partial charge in [-0.15, -0.1) is 0 Å². The molecule has 0 aliphatic heterocycles. The minimum Gasteiger partial charge on any atom is -0.310 e. The van der Waals surface area contributed by atoms with Crippen LogP contribution in [0.25, 0.3) is 0 Å². The molecule has 1 heteroatoms. The second kappa shape index (κ2) is 4.26. The van der Waals surface area contributed by atoms with Gasteiger partial charge in [0.15, 0.2) is 0 Å². The summed E-state index contributed by atoms with van der Waals surface area (Å²) in [6, 6.07) is 1.41. The molecule has 100 valence electrons. The minimum atomic E-state index is 0.495. The molecule has 0 aromatic heterocycles. The highest BCUT2D eigenvalue weighted by atomic mass is 15.0. The number of hydrogen-bond acceptors (Lipinski definition) is 1. The van der Waals surface area contributed by atoms with Gasteiger partial charge in [-0.05, 0) is 48.3 Å². The van der Waals surface area contributed by atoms with Gasteiger partial charge in [-0.2, -0.15) is 0 Å². The Morgan fingerprint density at radius 2 is 1.88 bits per heavy atom. The van der Waals surface area contributed by atoms with Crippen LogP contribution >= 0.6 is 0 Å². The summed E-state index contributed by atoms with van der Waals surface area (Å²) in [6.45, 7) is 14.5. The van der Waals surface area contributed by atoms with Gasteiger partial charge in [-0.3, -0.25) is 0 Å². The highest BCUT2D eigenvalue weighted by molar-refractivity contribution is 5.12. The first-order chi connectivity index (χ1) is 7.81. The molecular weight excluding hydrogens is 206 g/mol. The molecule has 0 amide bonds. The zero-order valence-corrected chi connectivity index (χ0v) is 12.6. The van der Waals surface area contributed by atoms with Gasteiger partial charge in [-0.25, -0.2) is 0 Å². The van der Waals surface area contributed by atoms with E-state index in [1.807, 2.05) is 0 Å². The lowest BCUT2D eigenvalue weighted by atomic mass is 9.68. The summed E-state index contributed by atoms with van der Waals surface area (Å²) in [6.07, 6.45) is 5.60. The van der Waals surface area contributed by atoms with Crippen molar-refractivity contribution in [1.82, 2.24) is 5.32 Å². The molecule has 2 saturated carbocycles. The van der Waals surface area contributed by atoms with Crippen LogP contribution in [0.2, 0.25) is 0 Å². The summed E-state index contributed by atoms with van der Waals surface area (Å²) in [5.74, 6) is 1.70. The Hall–Kier alpha value is -0.0400. The molecule has 2 rings (SSSR count). The lowest BCUT2D eigenvalue weighted by molar-refractivity contribution is 0.0909. The van der Waals surface area contributed by atoms with Crippen LogP contribution in [0.1, 0.15) is 67.2 Å². The molecule has 2 unspecified atom stereocenters. The van der Waals surface area contributed by atoms with Crippen molar-refractivity contribution >= 4 is 0 Å². The van der Waals surface area contributed by atoms with Gasteiger partial charge in [0, 0.05) is 12.1 Å². The Balaban J connectivity index is 2.14. The lowest BCUT2D eigenvalue weighted by Crippen LogP contribution is -2.54. The largest absolute Gasteiger partial charge is 0.310 e. The molecule has 0 radical (unpaired) electrons. The molecule has 0 aromatic rings. The van der Waals surface area contributed by atoms with Gasteiger partial charge in [0.25, 0.3) is 0 Å². The molecular formula is C16H31N. The summed E-state index contributed by atoms with van der Waals surface area (Å²) in [4.78, 5) is 0. The third kappa shape index (κ3) is 2.05. The predicted molar refractivity (Wildman–Crippen MR) is 75.1 cm³/mol. The highest BCUT2D eigenvalue weighted by Gasteiger charge is 2.59. The van der Waals surface area contributed by atoms with Crippen LogP contribution < -0.4 is 5.32 Å². The van der Waals surface area contributed by atoms with Crippen molar-refractivity contribution in [1.29, 1.82) is 0 Å². The van der Waals surface area contributed by atoms with Gasteiger partial charge in [-0.1, -0.05) is 41.5 Å². The zero-order chi connectivity index (χ0) is 12.8. The fourth-order valence-electron chi connectivity index (χ4n) is 4.71. The first kappa shape index (κ1) is 13.4. The predicted octanol–water partition coefficient (Wildman–Crippen LogP) is 4.23. The third-order valence-corrected chi connectivity index (χ3v) is 5.90. The van der Waals surface area contributed by atoms with Gasteiger partial charge in [0.05, 0.1) is 0 Å². The van der Waals surface area contributed by atoms with E-state index < -0.39 is 0 Å². The highest BCUT2D eigenvalue weighted by Crippen LogP contribution is 2.62. The van der Waals surface area contributed by atoms with Crippen molar-refractivity contribution in [2.45, 2.75) is 79.3 Å². The van der Waals surface area contributed by atoms with E-state index in [1.165, 1.54) is 25.7 Å². The Bertz CT molecular complexity index is 276. The summed E-state index contributed by atoms with van der Waals surface area (Å²) in [5.41, 5.74) is 1.06. The Morgan fingerprint density at radius 3 is 2.29 bits per heavy atom. The van der Waals surface area contributed by atoms with Gasteiger partial charge in [0.1, 0.15) is 0 Å². The van der Waals surface area contributed by atoms with E-state index in [4.69, 9.17) is 0 Å². The summed E-state index contributed by atoms with van der Waals surface area (Å²) in [5, 5.41) is 4.03. The van der Waals surface area contributed by atoms with Crippen molar-refractivity contribution in [3.63, 3.8) is 0 Å². The smallest absolute Gasteiger partial charge is 0.0177 e. The fourth-order valence-corrected chi connectivity index (χ4v) is 4.71. The van der Waals surface area contributed by atoms with Crippen molar-refractivity contribution < 1.29 is 0 Å². The topological polar surface area (TPSA) is 12.0 Å². The molecule has 0 saturated heterocycles. The molecule has 4 atom stereocenters. The number of nitrogens with one attached hydrogen (secondary N) is 1. The lowest BCUT2D eigenvalue weighted by Gasteiger charge is -2.45. The van der Waals surface area contributed by atoms with Crippen LogP contribution in [0.15, 0.2) is 0 Å².